The summed E-state index contributed by atoms with van der Waals surface area (Å²) in [7, 11) is 4.17. The van der Waals surface area contributed by atoms with Gasteiger partial charge in [0.1, 0.15) is 11.7 Å². The first-order valence-electron chi connectivity index (χ1n) is 10.4. The van der Waals surface area contributed by atoms with Crippen LogP contribution in [-0.2, 0) is 13.6 Å². The van der Waals surface area contributed by atoms with Gasteiger partial charge in [0, 0.05) is 44.1 Å². The number of piperidine rings is 1. The summed E-state index contributed by atoms with van der Waals surface area (Å²) in [5, 5.41) is 13.6. The van der Waals surface area contributed by atoms with E-state index in [4.69, 9.17) is 0 Å². The van der Waals surface area contributed by atoms with E-state index in [2.05, 4.69) is 46.1 Å². The van der Waals surface area contributed by atoms with Gasteiger partial charge < -0.3 is 9.30 Å². The topological polar surface area (TPSA) is 65.4 Å². The first-order valence-corrected chi connectivity index (χ1v) is 10.4. The van der Waals surface area contributed by atoms with Gasteiger partial charge in [-0.05, 0) is 51.0 Å². The zero-order valence-corrected chi connectivity index (χ0v) is 17.5. The maximum Gasteiger partial charge on any atom is 0.137 e. The van der Waals surface area contributed by atoms with Crippen molar-refractivity contribution < 1.29 is 0 Å². The minimum absolute atomic E-state index is 0.414. The number of nitrogens with zero attached hydrogens (tertiary/aromatic N) is 7. The summed E-state index contributed by atoms with van der Waals surface area (Å²) >= 11 is 0. The molecule has 0 amide bonds. The van der Waals surface area contributed by atoms with E-state index in [0.29, 0.717) is 17.5 Å². The van der Waals surface area contributed by atoms with Crippen molar-refractivity contribution in [2.24, 2.45) is 13.0 Å². The Bertz CT molecular complexity index is 1010. The molecule has 0 aromatic carbocycles. The minimum Gasteiger partial charge on any atom is -0.301 e. The van der Waals surface area contributed by atoms with E-state index in [1.54, 1.807) is 0 Å². The molecule has 3 aromatic rings. The Hall–Kier alpha value is -2.69. The third-order valence-electron chi connectivity index (χ3n) is 6.02. The highest BCUT2D eigenvalue weighted by molar-refractivity contribution is 5.44. The SMILES string of the molecule is CCN1CCC[C@@H](CN(C)Cc2cnc3ccc(C#N)cn23)[C@@H]1c1cnn(C)c1. The second kappa shape index (κ2) is 8.36. The largest absolute Gasteiger partial charge is 0.301 e. The maximum absolute atomic E-state index is 9.21. The van der Waals surface area contributed by atoms with E-state index >= 15 is 0 Å². The van der Waals surface area contributed by atoms with Crippen molar-refractivity contribution >= 4 is 5.65 Å². The van der Waals surface area contributed by atoms with E-state index in [1.165, 1.54) is 18.4 Å². The molecule has 0 unspecified atom stereocenters. The fourth-order valence-corrected chi connectivity index (χ4v) is 4.73. The first kappa shape index (κ1) is 19.6. The average molecular weight is 392 g/mol. The number of imidazole rings is 1. The first-order chi connectivity index (χ1) is 14.1. The van der Waals surface area contributed by atoms with E-state index in [1.807, 2.05) is 46.9 Å². The number of fused-ring (bicyclic) bond motifs is 1. The number of aryl methyl sites for hydroxylation is 1. The Morgan fingerprint density at radius 2 is 2.14 bits per heavy atom. The summed E-state index contributed by atoms with van der Waals surface area (Å²) in [5.74, 6) is 0.562. The number of aromatic nitrogens is 4. The second-order valence-electron chi connectivity index (χ2n) is 8.13. The monoisotopic (exact) mass is 391 g/mol. The highest BCUT2D eigenvalue weighted by Crippen LogP contribution is 2.36. The molecular weight excluding hydrogens is 362 g/mol. The number of hydrogen-bond acceptors (Lipinski definition) is 5. The van der Waals surface area contributed by atoms with Crippen molar-refractivity contribution in [1.82, 2.24) is 29.0 Å². The van der Waals surface area contributed by atoms with Crippen LogP contribution in [-0.4, -0.2) is 55.6 Å². The van der Waals surface area contributed by atoms with Crippen LogP contribution >= 0.6 is 0 Å². The van der Waals surface area contributed by atoms with Gasteiger partial charge in [-0.25, -0.2) is 4.98 Å². The maximum atomic E-state index is 9.21. The average Bonchev–Trinajstić information content (AvgIpc) is 3.33. The van der Waals surface area contributed by atoms with Crippen molar-refractivity contribution in [2.75, 3.05) is 26.7 Å². The number of hydrogen-bond donors (Lipinski definition) is 0. The Kier molecular flexibility index (Phi) is 5.65. The molecule has 1 fully saturated rings. The van der Waals surface area contributed by atoms with Gasteiger partial charge in [-0.2, -0.15) is 10.4 Å². The summed E-state index contributed by atoms with van der Waals surface area (Å²) in [6.07, 6.45) is 10.5. The van der Waals surface area contributed by atoms with E-state index < -0.39 is 0 Å². The smallest absolute Gasteiger partial charge is 0.137 e. The van der Waals surface area contributed by atoms with Gasteiger partial charge in [0.25, 0.3) is 0 Å². The molecule has 1 aliphatic heterocycles. The van der Waals surface area contributed by atoms with Gasteiger partial charge >= 0.3 is 0 Å². The molecule has 29 heavy (non-hydrogen) atoms. The van der Waals surface area contributed by atoms with Crippen LogP contribution in [0.25, 0.3) is 5.65 Å². The minimum atomic E-state index is 0.414. The molecule has 0 aliphatic carbocycles. The molecule has 7 nitrogen and oxygen atoms in total. The lowest BCUT2D eigenvalue weighted by molar-refractivity contribution is 0.0746. The van der Waals surface area contributed by atoms with Crippen molar-refractivity contribution in [3.63, 3.8) is 0 Å². The molecule has 0 radical (unpaired) electrons. The third kappa shape index (κ3) is 4.04. The van der Waals surface area contributed by atoms with Crippen molar-refractivity contribution in [3.8, 4) is 6.07 Å². The second-order valence-corrected chi connectivity index (χ2v) is 8.13. The van der Waals surface area contributed by atoms with Gasteiger partial charge in [0.2, 0.25) is 0 Å². The van der Waals surface area contributed by atoms with Crippen LogP contribution < -0.4 is 0 Å². The number of likely N-dealkylation sites (tertiary alicyclic amines) is 1. The number of nitriles is 1. The van der Waals surface area contributed by atoms with E-state index in [9.17, 15) is 5.26 Å². The summed E-state index contributed by atoms with van der Waals surface area (Å²) in [5.41, 5.74) is 3.97. The Morgan fingerprint density at radius 3 is 2.86 bits per heavy atom. The molecule has 1 saturated heterocycles. The van der Waals surface area contributed by atoms with Crippen molar-refractivity contribution in [1.29, 1.82) is 5.26 Å². The molecule has 0 bridgehead atoms. The molecule has 0 N–H and O–H groups in total. The van der Waals surface area contributed by atoms with Gasteiger partial charge in [0.15, 0.2) is 0 Å². The highest BCUT2D eigenvalue weighted by atomic mass is 15.3. The number of rotatable bonds is 6. The summed E-state index contributed by atoms with van der Waals surface area (Å²) < 4.78 is 3.94. The van der Waals surface area contributed by atoms with Gasteiger partial charge in [-0.15, -0.1) is 0 Å². The third-order valence-corrected chi connectivity index (χ3v) is 6.02. The Labute approximate surface area is 172 Å². The fraction of sp³-hybridized carbons (Fsp3) is 0.500. The molecule has 0 spiro atoms. The van der Waals surface area contributed by atoms with E-state index in [-0.39, 0.29) is 0 Å². The van der Waals surface area contributed by atoms with Crippen LogP contribution in [0.1, 0.15) is 42.6 Å². The van der Waals surface area contributed by atoms with Crippen LogP contribution in [0.5, 0.6) is 0 Å². The quantitative estimate of drug-likeness (QED) is 0.646. The molecular formula is C22H29N7. The van der Waals surface area contributed by atoms with E-state index in [0.717, 1.165) is 37.5 Å². The van der Waals surface area contributed by atoms with Crippen molar-refractivity contribution in [3.05, 3.63) is 53.7 Å². The summed E-state index contributed by atoms with van der Waals surface area (Å²) in [6, 6.07) is 6.35. The molecule has 2 atom stereocenters. The molecule has 7 heteroatoms. The molecule has 4 heterocycles. The summed E-state index contributed by atoms with van der Waals surface area (Å²) in [6.45, 7) is 6.28. The van der Waals surface area contributed by atoms with Gasteiger partial charge in [-0.1, -0.05) is 6.92 Å². The highest BCUT2D eigenvalue weighted by Gasteiger charge is 2.33. The predicted octanol–water partition coefficient (Wildman–Crippen LogP) is 2.84. The van der Waals surface area contributed by atoms with Gasteiger partial charge in [0.05, 0.1) is 23.7 Å². The Balaban J connectivity index is 1.52. The molecule has 0 saturated carbocycles. The molecule has 4 rings (SSSR count). The van der Waals surface area contributed by atoms with Crippen LogP contribution in [0.15, 0.2) is 36.9 Å². The lowest BCUT2D eigenvalue weighted by Crippen LogP contribution is -2.42. The molecule has 3 aromatic heterocycles. The molecule has 152 valence electrons. The fourth-order valence-electron chi connectivity index (χ4n) is 4.73. The lowest BCUT2D eigenvalue weighted by Gasteiger charge is -2.42. The van der Waals surface area contributed by atoms with Crippen LogP contribution in [0, 0.1) is 17.2 Å². The predicted molar refractivity (Wildman–Crippen MR) is 112 cm³/mol. The Morgan fingerprint density at radius 1 is 1.28 bits per heavy atom. The summed E-state index contributed by atoms with van der Waals surface area (Å²) in [4.78, 5) is 9.47. The van der Waals surface area contributed by atoms with Gasteiger partial charge in [-0.3, -0.25) is 9.58 Å². The normalized spacial score (nSPS) is 20.4. The zero-order chi connectivity index (χ0) is 20.4. The number of pyridine rings is 1. The van der Waals surface area contributed by atoms with Crippen LogP contribution in [0.2, 0.25) is 0 Å². The van der Waals surface area contributed by atoms with Crippen LogP contribution in [0.3, 0.4) is 0 Å². The molecule has 1 aliphatic rings. The lowest BCUT2D eigenvalue weighted by atomic mass is 9.85. The zero-order valence-electron chi connectivity index (χ0n) is 17.5. The van der Waals surface area contributed by atoms with Crippen LogP contribution in [0.4, 0.5) is 0 Å². The standard InChI is InChI=1S/C22H29N7/c1-4-28-9-5-6-18(22(28)19-11-25-27(3)15-19)14-26(2)16-20-12-24-21-8-7-17(10-23)13-29(20)21/h7-8,11-13,15,18,22H,4-6,9,14,16H2,1-3H3/t18-,22+/m0/s1. The van der Waals surface area contributed by atoms with Crippen molar-refractivity contribution in [2.45, 2.75) is 32.4 Å².